The number of nitrogens with one attached hydrogen (secondary N) is 2. The molecule has 1 heterocycles. The smallest absolute Gasteiger partial charge is 0.274 e. The maximum absolute atomic E-state index is 12.5. The van der Waals surface area contributed by atoms with E-state index in [-0.39, 0.29) is 22.9 Å². The van der Waals surface area contributed by atoms with E-state index in [1.54, 1.807) is 22.5 Å². The molecule has 0 radical (unpaired) electrons. The average Bonchev–Trinajstić information content (AvgIpc) is 2.95. The maximum Gasteiger partial charge on any atom is 0.274 e. The summed E-state index contributed by atoms with van der Waals surface area (Å²) in [6, 6.07) is 5.77. The predicted octanol–water partition coefficient (Wildman–Crippen LogP) is 2.49. The summed E-state index contributed by atoms with van der Waals surface area (Å²) in [5, 5.41) is 20.9. The Balaban J connectivity index is 2.03. The Morgan fingerprint density at radius 1 is 1.28 bits per heavy atom. The number of benzene rings is 1. The van der Waals surface area contributed by atoms with Gasteiger partial charge in [0, 0.05) is 17.3 Å². The first-order chi connectivity index (χ1) is 11.7. The van der Waals surface area contributed by atoms with Crippen LogP contribution >= 0.6 is 0 Å². The molecule has 1 saturated heterocycles. The highest BCUT2D eigenvalue weighted by Crippen LogP contribution is 2.33. The molecular weight excluding hydrogens is 320 g/mol. The Hall–Kier alpha value is -2.59. The van der Waals surface area contributed by atoms with Crippen LogP contribution in [-0.4, -0.2) is 34.0 Å². The average molecular weight is 344 g/mol. The third-order valence-electron chi connectivity index (χ3n) is 4.28. The zero-order valence-electron chi connectivity index (χ0n) is 14.7. The summed E-state index contributed by atoms with van der Waals surface area (Å²) in [7, 11) is 0. The van der Waals surface area contributed by atoms with Crippen molar-refractivity contribution < 1.29 is 14.8 Å². The van der Waals surface area contributed by atoms with E-state index in [4.69, 9.17) is 5.21 Å². The lowest BCUT2D eigenvalue weighted by Gasteiger charge is -2.29. The van der Waals surface area contributed by atoms with Gasteiger partial charge in [-0.05, 0) is 48.9 Å². The molecule has 7 heteroatoms. The number of carbonyl (C=O) groups is 2. The summed E-state index contributed by atoms with van der Waals surface area (Å²) in [5.74, 6) is -0.841. The monoisotopic (exact) mass is 344 g/mol. The van der Waals surface area contributed by atoms with Crippen LogP contribution in [0.25, 0.3) is 0 Å². The third kappa shape index (κ3) is 4.70. The van der Waals surface area contributed by atoms with Gasteiger partial charge in [0.25, 0.3) is 5.91 Å². The van der Waals surface area contributed by atoms with Gasteiger partial charge in [-0.1, -0.05) is 20.8 Å². The number of anilines is 1. The van der Waals surface area contributed by atoms with Gasteiger partial charge in [0.05, 0.1) is 0 Å². The van der Waals surface area contributed by atoms with Gasteiger partial charge >= 0.3 is 0 Å². The van der Waals surface area contributed by atoms with E-state index in [0.717, 1.165) is 12.8 Å². The molecule has 2 rings (SSSR count). The van der Waals surface area contributed by atoms with E-state index >= 15 is 0 Å². The predicted molar refractivity (Wildman–Crippen MR) is 92.7 cm³/mol. The molecule has 0 bridgehead atoms. The fourth-order valence-electron chi connectivity index (χ4n) is 3.19. The molecule has 25 heavy (non-hydrogen) atoms. The molecule has 2 amide bonds. The van der Waals surface area contributed by atoms with Crippen molar-refractivity contribution in [2.24, 2.45) is 5.41 Å². The summed E-state index contributed by atoms with van der Waals surface area (Å²) in [4.78, 5) is 25.4. The van der Waals surface area contributed by atoms with Gasteiger partial charge < -0.3 is 5.32 Å². The van der Waals surface area contributed by atoms with Crippen LogP contribution in [0.5, 0.6) is 0 Å². The van der Waals surface area contributed by atoms with Crippen LogP contribution in [0.2, 0.25) is 0 Å². The standard InChI is InChI=1S/C18H24N4O3/c1-18(2,3)10-14-8-9-15(22(14)11-19)17(24)20-13-6-4-12(5-7-13)16(23)21-25/h4-7,14-15,25H,8-10H2,1-3H3,(H,20,24)(H,21,23). The van der Waals surface area contributed by atoms with E-state index < -0.39 is 11.9 Å². The Morgan fingerprint density at radius 3 is 2.44 bits per heavy atom. The first-order valence-corrected chi connectivity index (χ1v) is 8.28. The fourth-order valence-corrected chi connectivity index (χ4v) is 3.19. The Morgan fingerprint density at radius 2 is 1.92 bits per heavy atom. The van der Waals surface area contributed by atoms with Crippen molar-refractivity contribution in [1.29, 1.82) is 5.26 Å². The van der Waals surface area contributed by atoms with Crippen LogP contribution in [-0.2, 0) is 4.79 Å². The molecular formula is C18H24N4O3. The van der Waals surface area contributed by atoms with Gasteiger partial charge in [-0.3, -0.25) is 19.7 Å². The Bertz CT molecular complexity index is 673. The lowest BCUT2D eigenvalue weighted by molar-refractivity contribution is -0.119. The number of nitriles is 1. The van der Waals surface area contributed by atoms with Crippen molar-refractivity contribution in [1.82, 2.24) is 10.4 Å². The van der Waals surface area contributed by atoms with Crippen LogP contribution in [0, 0.1) is 16.9 Å². The van der Waals surface area contributed by atoms with Crippen molar-refractivity contribution in [3.8, 4) is 6.19 Å². The molecule has 1 aromatic rings. The second kappa shape index (κ2) is 7.53. The number of hydroxylamine groups is 1. The highest BCUT2D eigenvalue weighted by molar-refractivity contribution is 5.97. The second-order valence-electron chi connectivity index (χ2n) is 7.53. The quantitative estimate of drug-likeness (QED) is 0.442. The van der Waals surface area contributed by atoms with Crippen LogP contribution < -0.4 is 10.8 Å². The molecule has 3 N–H and O–H groups in total. The van der Waals surface area contributed by atoms with Gasteiger partial charge in [0.15, 0.2) is 6.19 Å². The van der Waals surface area contributed by atoms with Crippen molar-refractivity contribution >= 4 is 17.5 Å². The van der Waals surface area contributed by atoms with Gasteiger partial charge in [0.2, 0.25) is 5.91 Å². The minimum atomic E-state index is -0.616. The molecule has 0 saturated carbocycles. The molecule has 0 spiro atoms. The number of amides is 2. The van der Waals surface area contributed by atoms with Gasteiger partial charge in [-0.25, -0.2) is 5.48 Å². The van der Waals surface area contributed by atoms with Crippen molar-refractivity contribution in [3.05, 3.63) is 29.8 Å². The molecule has 2 unspecified atom stereocenters. The minimum Gasteiger partial charge on any atom is -0.324 e. The number of hydrogen-bond donors (Lipinski definition) is 3. The summed E-state index contributed by atoms with van der Waals surface area (Å²) in [6.07, 6.45) is 4.50. The van der Waals surface area contributed by atoms with Crippen LogP contribution in [0.1, 0.15) is 50.4 Å². The van der Waals surface area contributed by atoms with Crippen LogP contribution in [0.15, 0.2) is 24.3 Å². The number of hydrogen-bond acceptors (Lipinski definition) is 5. The van der Waals surface area contributed by atoms with Crippen LogP contribution in [0.4, 0.5) is 5.69 Å². The third-order valence-corrected chi connectivity index (χ3v) is 4.28. The first kappa shape index (κ1) is 18.7. The van der Waals surface area contributed by atoms with Crippen molar-refractivity contribution in [2.75, 3.05) is 5.32 Å². The first-order valence-electron chi connectivity index (χ1n) is 8.28. The molecule has 1 fully saturated rings. The molecule has 0 aliphatic carbocycles. The summed E-state index contributed by atoms with van der Waals surface area (Å²) >= 11 is 0. The minimum absolute atomic E-state index is 0.0800. The topological polar surface area (TPSA) is 105 Å². The number of rotatable bonds is 4. The fraction of sp³-hybridized carbons (Fsp3) is 0.500. The van der Waals surface area contributed by atoms with E-state index in [1.807, 2.05) is 0 Å². The summed E-state index contributed by atoms with van der Waals surface area (Å²) < 4.78 is 0. The number of nitrogens with zero attached hydrogens (tertiary/aromatic N) is 2. The van der Waals surface area contributed by atoms with E-state index in [0.29, 0.717) is 12.1 Å². The molecule has 1 aromatic carbocycles. The van der Waals surface area contributed by atoms with E-state index in [2.05, 4.69) is 32.3 Å². The van der Waals surface area contributed by atoms with Crippen molar-refractivity contribution in [3.63, 3.8) is 0 Å². The lowest BCUT2D eigenvalue weighted by atomic mass is 9.87. The SMILES string of the molecule is CC(C)(C)CC1CCC(C(=O)Nc2ccc(C(=O)NO)cc2)N1C#N. The number of likely N-dealkylation sites (tertiary alicyclic amines) is 1. The second-order valence-corrected chi connectivity index (χ2v) is 7.53. The largest absolute Gasteiger partial charge is 0.324 e. The highest BCUT2D eigenvalue weighted by Gasteiger charge is 2.38. The molecule has 134 valence electrons. The molecule has 2 atom stereocenters. The summed E-state index contributed by atoms with van der Waals surface area (Å²) in [5.41, 5.74) is 2.47. The van der Waals surface area contributed by atoms with Crippen LogP contribution in [0.3, 0.4) is 0 Å². The zero-order valence-corrected chi connectivity index (χ0v) is 14.7. The van der Waals surface area contributed by atoms with Crippen molar-refractivity contribution in [2.45, 2.75) is 52.1 Å². The van der Waals surface area contributed by atoms with Gasteiger partial charge in [0.1, 0.15) is 6.04 Å². The summed E-state index contributed by atoms with van der Waals surface area (Å²) in [6.45, 7) is 6.38. The maximum atomic E-state index is 12.5. The normalized spacial score (nSPS) is 20.0. The Labute approximate surface area is 147 Å². The van der Waals surface area contributed by atoms with Gasteiger partial charge in [-0.15, -0.1) is 0 Å². The van der Waals surface area contributed by atoms with Gasteiger partial charge in [-0.2, -0.15) is 5.26 Å². The molecule has 1 aliphatic rings. The van der Waals surface area contributed by atoms with E-state index in [9.17, 15) is 14.9 Å². The lowest BCUT2D eigenvalue weighted by Crippen LogP contribution is -2.41. The molecule has 0 aromatic heterocycles. The number of carbonyl (C=O) groups excluding carboxylic acids is 2. The zero-order chi connectivity index (χ0) is 18.6. The molecule has 1 aliphatic heterocycles. The Kier molecular flexibility index (Phi) is 5.65. The highest BCUT2D eigenvalue weighted by atomic mass is 16.5. The molecule has 7 nitrogen and oxygen atoms in total. The van der Waals surface area contributed by atoms with E-state index in [1.165, 1.54) is 12.1 Å².